The molecule has 1 fully saturated rings. The lowest BCUT2D eigenvalue weighted by Gasteiger charge is -2.40. The summed E-state index contributed by atoms with van der Waals surface area (Å²) in [7, 11) is -1.34. The van der Waals surface area contributed by atoms with Crippen molar-refractivity contribution in [2.45, 2.75) is 5.56 Å². The quantitative estimate of drug-likeness (QED) is 0.645. The fourth-order valence-electron chi connectivity index (χ4n) is 1.63. The molecular formula is C10H14ClN3O4S. The van der Waals surface area contributed by atoms with Gasteiger partial charge in [-0.05, 0) is 23.1 Å². The molecule has 9 heteroatoms. The van der Waals surface area contributed by atoms with E-state index in [1.54, 1.807) is 19.2 Å². The van der Waals surface area contributed by atoms with Crippen LogP contribution in [0.25, 0.3) is 0 Å². The van der Waals surface area contributed by atoms with Gasteiger partial charge in [0.25, 0.3) is 0 Å². The van der Waals surface area contributed by atoms with Gasteiger partial charge in [0.1, 0.15) is 11.6 Å². The van der Waals surface area contributed by atoms with E-state index >= 15 is 0 Å². The number of carbonyl (C=O) groups is 1. The molecule has 1 aliphatic heterocycles. The van der Waals surface area contributed by atoms with Crippen LogP contribution in [0.4, 0.5) is 5.82 Å². The third-order valence-electron chi connectivity index (χ3n) is 2.66. The molecule has 1 aliphatic rings. The van der Waals surface area contributed by atoms with Gasteiger partial charge in [-0.15, -0.1) is 0 Å². The summed E-state index contributed by atoms with van der Waals surface area (Å²) >= 11 is 5.52. The smallest absolute Gasteiger partial charge is 0.227 e. The molecule has 0 radical (unpaired) electrons. The Bertz CT molecular complexity index is 459. The molecule has 0 saturated carbocycles. The van der Waals surface area contributed by atoms with Gasteiger partial charge in [-0.2, -0.15) is 4.31 Å². The van der Waals surface area contributed by atoms with E-state index in [0.29, 0.717) is 30.9 Å². The number of nitrogens with zero attached hydrogens (tertiary/aromatic N) is 3. The number of alkyl halides is 1. The average molecular weight is 308 g/mol. The van der Waals surface area contributed by atoms with E-state index < -0.39 is 16.5 Å². The third kappa shape index (κ3) is 2.93. The van der Waals surface area contributed by atoms with Crippen molar-refractivity contribution >= 4 is 34.7 Å². The van der Waals surface area contributed by atoms with Crippen molar-refractivity contribution in [2.24, 2.45) is 0 Å². The van der Waals surface area contributed by atoms with Gasteiger partial charge >= 0.3 is 0 Å². The molecule has 7 nitrogen and oxygen atoms in total. The minimum Gasteiger partial charge on any atom is -0.466 e. The summed E-state index contributed by atoms with van der Waals surface area (Å²) in [5, 5.41) is 0. The Morgan fingerprint density at radius 1 is 1.53 bits per heavy atom. The molecule has 0 aromatic carbocycles. The van der Waals surface area contributed by atoms with E-state index in [1.165, 1.54) is 14.8 Å². The Labute approximate surface area is 117 Å². The minimum absolute atomic E-state index is 0.333. The first-order valence-electron chi connectivity index (χ1n) is 5.44. The molecule has 0 bridgehead atoms. The molecule has 2 N–H and O–H groups in total. The van der Waals surface area contributed by atoms with Crippen LogP contribution < -0.4 is 9.04 Å². The van der Waals surface area contributed by atoms with Crippen LogP contribution in [0.3, 0.4) is 0 Å². The fourth-order valence-corrected chi connectivity index (χ4v) is 3.08. The summed E-state index contributed by atoms with van der Waals surface area (Å²) in [6.45, 7) is 1.01. The highest BCUT2D eigenvalue weighted by Crippen LogP contribution is 2.51. The van der Waals surface area contributed by atoms with Crippen LogP contribution >= 0.6 is 22.6 Å². The Kier molecular flexibility index (Phi) is 4.16. The molecule has 1 atom stereocenters. The maximum atomic E-state index is 10.4. The molecule has 1 unspecified atom stereocenters. The van der Waals surface area contributed by atoms with Gasteiger partial charge in [0.2, 0.25) is 5.56 Å². The number of likely N-dealkylation sites (N-methyl/N-ethyl adjacent to an activating group) is 1. The number of anilines is 1. The Morgan fingerprint density at radius 2 is 2.26 bits per heavy atom. The Balaban J connectivity index is 2.13. The first-order chi connectivity index (χ1) is 8.95. The van der Waals surface area contributed by atoms with E-state index in [1.807, 2.05) is 0 Å². The first-order valence-corrected chi connectivity index (χ1v) is 7.34. The van der Waals surface area contributed by atoms with Crippen molar-refractivity contribution < 1.29 is 18.6 Å². The highest BCUT2D eigenvalue weighted by atomic mass is 35.5. The zero-order valence-corrected chi connectivity index (χ0v) is 11.7. The van der Waals surface area contributed by atoms with Gasteiger partial charge in [0.15, 0.2) is 6.29 Å². The fraction of sp³-hybridized carbons (Fsp3) is 0.400. The highest BCUT2D eigenvalue weighted by Gasteiger charge is 2.35. The highest BCUT2D eigenvalue weighted by molar-refractivity contribution is 8.23. The predicted molar refractivity (Wildman–Crippen MR) is 73.4 cm³/mol. The summed E-state index contributed by atoms with van der Waals surface area (Å²) in [6, 6.07) is 3.14. The van der Waals surface area contributed by atoms with Crippen molar-refractivity contribution in [3.8, 4) is 5.75 Å². The minimum atomic E-state index is -2.98. The van der Waals surface area contributed by atoms with Crippen molar-refractivity contribution in [2.75, 3.05) is 24.4 Å². The number of aromatic nitrogens is 1. The van der Waals surface area contributed by atoms with Crippen LogP contribution in [0, 0.1) is 0 Å². The van der Waals surface area contributed by atoms with E-state index in [-0.39, 0.29) is 0 Å². The van der Waals surface area contributed by atoms with Gasteiger partial charge < -0.3 is 4.74 Å². The molecular weight excluding hydrogens is 294 g/mol. The zero-order chi connectivity index (χ0) is 14.0. The monoisotopic (exact) mass is 307 g/mol. The number of rotatable bonds is 4. The maximum Gasteiger partial charge on any atom is 0.227 e. The zero-order valence-electron chi connectivity index (χ0n) is 10.1. The molecule has 0 amide bonds. The van der Waals surface area contributed by atoms with Gasteiger partial charge in [0, 0.05) is 13.6 Å². The number of ether oxygens (including phenoxy) is 1. The summed E-state index contributed by atoms with van der Waals surface area (Å²) < 4.78 is 27.9. The van der Waals surface area contributed by atoms with Crippen LogP contribution in [0.5, 0.6) is 5.75 Å². The number of halogens is 1. The van der Waals surface area contributed by atoms with E-state index in [0.717, 1.165) is 0 Å². The standard InChI is InChI=1S/C10H14ClN3O4S/c1-13-4-5-14(19(13,16)17)10-3-2-8(6-12-10)18-9(11)7-15/h2-3,6-7,9,16-17H,4-5H2,1H3. The number of pyridine rings is 1. The van der Waals surface area contributed by atoms with Crippen LogP contribution in [-0.4, -0.2) is 50.4 Å². The summed E-state index contributed by atoms with van der Waals surface area (Å²) in [6.07, 6.45) is 1.84. The van der Waals surface area contributed by atoms with Crippen molar-refractivity contribution in [3.05, 3.63) is 18.3 Å². The lowest BCUT2D eigenvalue weighted by Crippen LogP contribution is -2.27. The first kappa shape index (κ1) is 14.4. The number of hydrogen-bond donors (Lipinski definition) is 2. The van der Waals surface area contributed by atoms with Gasteiger partial charge in [0.05, 0.1) is 12.7 Å². The lowest BCUT2D eigenvalue weighted by atomic mass is 10.4. The lowest BCUT2D eigenvalue weighted by molar-refractivity contribution is -0.110. The van der Waals surface area contributed by atoms with Gasteiger partial charge in [-0.3, -0.25) is 13.9 Å². The molecule has 0 aliphatic carbocycles. The Hall–Kier alpha value is -1.06. The molecule has 2 rings (SSSR count). The topological polar surface area (TPSA) is 86.1 Å². The van der Waals surface area contributed by atoms with Crippen molar-refractivity contribution in [1.82, 2.24) is 9.29 Å². The maximum absolute atomic E-state index is 10.4. The van der Waals surface area contributed by atoms with E-state index in [9.17, 15) is 13.9 Å². The molecule has 106 valence electrons. The van der Waals surface area contributed by atoms with Gasteiger partial charge in [-0.1, -0.05) is 11.6 Å². The van der Waals surface area contributed by atoms with Crippen molar-refractivity contribution in [1.29, 1.82) is 0 Å². The SMILES string of the molecule is CN1CCN(c2ccc(OC(Cl)C=O)cn2)S1(O)O. The molecule has 1 aromatic rings. The predicted octanol–water partition coefficient (Wildman–Crippen LogP) is 1.56. The van der Waals surface area contributed by atoms with Gasteiger partial charge in [-0.25, -0.2) is 9.29 Å². The Morgan fingerprint density at radius 3 is 2.74 bits per heavy atom. The van der Waals surface area contributed by atoms with Crippen LogP contribution in [0.15, 0.2) is 18.3 Å². The second kappa shape index (κ2) is 5.51. The molecule has 19 heavy (non-hydrogen) atoms. The number of carbonyl (C=O) groups excluding carboxylic acids is 1. The number of aldehydes is 1. The third-order valence-corrected chi connectivity index (χ3v) is 4.84. The van der Waals surface area contributed by atoms with E-state index in [2.05, 4.69) is 4.98 Å². The molecule has 1 saturated heterocycles. The second-order valence-corrected chi connectivity index (χ2v) is 6.37. The van der Waals surface area contributed by atoms with Crippen LogP contribution in [0.2, 0.25) is 0 Å². The second-order valence-electron chi connectivity index (χ2n) is 3.90. The summed E-state index contributed by atoms with van der Waals surface area (Å²) in [5.74, 6) is 0.758. The summed E-state index contributed by atoms with van der Waals surface area (Å²) in [5.41, 5.74) is -1.06. The molecule has 1 aromatic heterocycles. The van der Waals surface area contributed by atoms with Crippen LogP contribution in [0.1, 0.15) is 0 Å². The molecule has 2 heterocycles. The molecule has 0 spiro atoms. The number of hydrogen-bond acceptors (Lipinski definition) is 7. The van der Waals surface area contributed by atoms with Crippen LogP contribution in [-0.2, 0) is 4.79 Å². The largest absolute Gasteiger partial charge is 0.466 e. The normalized spacial score (nSPS) is 22.0. The van der Waals surface area contributed by atoms with E-state index in [4.69, 9.17) is 16.3 Å². The van der Waals surface area contributed by atoms with Crippen molar-refractivity contribution in [3.63, 3.8) is 0 Å². The summed E-state index contributed by atoms with van der Waals surface area (Å²) in [4.78, 5) is 14.4. The average Bonchev–Trinajstić information content (AvgIpc) is 2.65.